The highest BCUT2D eigenvalue weighted by Crippen LogP contribution is 1.77. The summed E-state index contributed by atoms with van der Waals surface area (Å²) in [5.74, 6) is -1.94. The Kier molecular flexibility index (Phi) is 2.44. The highest BCUT2D eigenvalue weighted by atomic mass is 16.4. The molecule has 0 aliphatic rings. The first-order valence-electron chi connectivity index (χ1n) is 2.22. The lowest BCUT2D eigenvalue weighted by molar-refractivity contribution is -0.299. The Labute approximate surface area is 52.2 Å². The van der Waals surface area contributed by atoms with Crippen LogP contribution in [0.2, 0.25) is 0 Å². The van der Waals surface area contributed by atoms with Crippen molar-refractivity contribution in [1.82, 2.24) is 5.32 Å². The lowest BCUT2D eigenvalue weighted by Gasteiger charge is -2.04. The highest BCUT2D eigenvalue weighted by Gasteiger charge is 1.94. The lowest BCUT2D eigenvalue weighted by atomic mass is 10.5. The van der Waals surface area contributed by atoms with Crippen LogP contribution in [0.4, 0.5) is 0 Å². The van der Waals surface area contributed by atoms with Gasteiger partial charge in [-0.25, -0.2) is 0 Å². The summed E-state index contributed by atoms with van der Waals surface area (Å²) in [6, 6.07) is 0. The topological polar surface area (TPSA) is 69.2 Å². The Morgan fingerprint density at radius 3 is 2.11 bits per heavy atom. The van der Waals surface area contributed by atoms with E-state index in [0.717, 1.165) is 0 Å². The van der Waals surface area contributed by atoms with Crippen molar-refractivity contribution in [1.29, 1.82) is 0 Å². The number of nitrogens with one attached hydrogen (secondary N) is 1. The third kappa shape index (κ3) is 3.28. The van der Waals surface area contributed by atoms with Gasteiger partial charge in [-0.05, 0) is 0 Å². The molecule has 0 aromatic carbocycles. The van der Waals surface area contributed by atoms with E-state index >= 15 is 0 Å². The van der Waals surface area contributed by atoms with Crippen LogP contribution in [-0.4, -0.2) is 11.9 Å². The van der Waals surface area contributed by atoms with E-state index in [9.17, 15) is 14.7 Å². The van der Waals surface area contributed by atoms with Gasteiger partial charge in [-0.15, -0.1) is 0 Å². The van der Waals surface area contributed by atoms with Crippen molar-refractivity contribution in [3.8, 4) is 0 Å². The predicted octanol–water partition coefficient (Wildman–Crippen LogP) is -1.61. The zero-order chi connectivity index (χ0) is 7.44. The Bertz CT molecular complexity index is 162. The van der Waals surface area contributed by atoms with Gasteiger partial charge >= 0.3 is 0 Å². The first kappa shape index (κ1) is 7.68. The summed E-state index contributed by atoms with van der Waals surface area (Å²) in [6.07, 6.45) is 0. The summed E-state index contributed by atoms with van der Waals surface area (Å²) in [6.45, 7) is 4.19. The number of amides is 1. The van der Waals surface area contributed by atoms with Crippen molar-refractivity contribution in [3.05, 3.63) is 12.3 Å². The minimum Gasteiger partial charge on any atom is -0.543 e. The first-order valence-corrected chi connectivity index (χ1v) is 2.22. The second-order valence-corrected chi connectivity index (χ2v) is 1.45. The van der Waals surface area contributed by atoms with E-state index in [-0.39, 0.29) is 0 Å². The number of carboxylic acid groups (broad SMARTS) is 1. The van der Waals surface area contributed by atoms with Crippen LogP contribution in [-0.2, 0) is 9.59 Å². The van der Waals surface area contributed by atoms with Gasteiger partial charge in [-0.1, -0.05) is 6.58 Å². The summed E-state index contributed by atoms with van der Waals surface area (Å²) < 4.78 is 0. The predicted molar refractivity (Wildman–Crippen MR) is 28.0 cm³/mol. The van der Waals surface area contributed by atoms with E-state index < -0.39 is 17.6 Å². The van der Waals surface area contributed by atoms with Gasteiger partial charge in [0.05, 0.1) is 11.7 Å². The van der Waals surface area contributed by atoms with Gasteiger partial charge in [0.1, 0.15) is 0 Å². The summed E-state index contributed by atoms with van der Waals surface area (Å²) in [4.78, 5) is 19.9. The van der Waals surface area contributed by atoms with Crippen molar-refractivity contribution in [2.75, 3.05) is 0 Å². The molecule has 0 aliphatic carbocycles. The van der Waals surface area contributed by atoms with Crippen molar-refractivity contribution >= 4 is 11.9 Å². The molecule has 0 aliphatic heterocycles. The normalized spacial score (nSPS) is 8.11. The van der Waals surface area contributed by atoms with Crippen LogP contribution in [0.25, 0.3) is 0 Å². The van der Waals surface area contributed by atoms with Crippen molar-refractivity contribution in [2.24, 2.45) is 0 Å². The molecule has 0 bridgehead atoms. The maximum Gasteiger partial charge on any atom is 0.221 e. The van der Waals surface area contributed by atoms with Gasteiger partial charge in [0.25, 0.3) is 0 Å². The van der Waals surface area contributed by atoms with E-state index in [1.165, 1.54) is 6.92 Å². The standard InChI is InChI=1S/C5H7NO3/c1-3(5(8)9)6-4(2)7/h1H2,2H3,(H,6,7)(H,8,9)/p-1. The third-order valence-corrected chi connectivity index (χ3v) is 0.573. The summed E-state index contributed by atoms with van der Waals surface area (Å²) in [5, 5.41) is 11.8. The third-order valence-electron chi connectivity index (χ3n) is 0.573. The molecule has 0 saturated heterocycles. The fourth-order valence-electron chi connectivity index (χ4n) is 0.264. The second kappa shape index (κ2) is 2.86. The minimum atomic E-state index is -1.47. The summed E-state index contributed by atoms with van der Waals surface area (Å²) in [5.41, 5.74) is -0.414. The SMILES string of the molecule is C=C(NC(C)=O)C(=O)[O-]. The fraction of sp³-hybridized carbons (Fsp3) is 0.200. The monoisotopic (exact) mass is 128 g/mol. The molecule has 4 nitrogen and oxygen atoms in total. The van der Waals surface area contributed by atoms with Gasteiger partial charge in [0.15, 0.2) is 0 Å². The van der Waals surface area contributed by atoms with E-state index in [1.807, 2.05) is 5.32 Å². The Morgan fingerprint density at radius 1 is 1.56 bits per heavy atom. The maximum atomic E-state index is 10.1. The highest BCUT2D eigenvalue weighted by molar-refractivity contribution is 5.89. The zero-order valence-electron chi connectivity index (χ0n) is 4.93. The molecule has 0 fully saturated rings. The molecule has 4 heteroatoms. The van der Waals surface area contributed by atoms with Crippen LogP contribution in [0.1, 0.15) is 6.92 Å². The maximum absolute atomic E-state index is 10.1. The molecule has 0 unspecified atom stereocenters. The first-order chi connectivity index (χ1) is 4.04. The molecule has 0 radical (unpaired) electrons. The van der Waals surface area contributed by atoms with Gasteiger partial charge in [0, 0.05) is 6.92 Å². The number of carbonyl (C=O) groups excluding carboxylic acids is 2. The van der Waals surface area contributed by atoms with Gasteiger partial charge in [0.2, 0.25) is 5.91 Å². The molecule has 0 aromatic rings. The van der Waals surface area contributed by atoms with Crippen LogP contribution >= 0.6 is 0 Å². The van der Waals surface area contributed by atoms with E-state index in [4.69, 9.17) is 0 Å². The molecular weight excluding hydrogens is 122 g/mol. The van der Waals surface area contributed by atoms with Crippen LogP contribution in [0.5, 0.6) is 0 Å². The molecule has 50 valence electrons. The molecule has 0 aromatic heterocycles. The largest absolute Gasteiger partial charge is 0.543 e. The molecule has 1 amide bonds. The number of carboxylic acids is 1. The quantitative estimate of drug-likeness (QED) is 0.455. The van der Waals surface area contributed by atoms with Gasteiger partial charge < -0.3 is 15.2 Å². The second-order valence-electron chi connectivity index (χ2n) is 1.45. The fourth-order valence-corrected chi connectivity index (χ4v) is 0.264. The zero-order valence-corrected chi connectivity index (χ0v) is 4.93. The van der Waals surface area contributed by atoms with Crippen LogP contribution in [0.3, 0.4) is 0 Å². The number of hydrogen-bond donors (Lipinski definition) is 1. The Hall–Kier alpha value is -1.32. The molecular formula is C5H6NO3-. The van der Waals surface area contributed by atoms with Crippen molar-refractivity contribution < 1.29 is 14.7 Å². The number of aliphatic carboxylic acids is 1. The van der Waals surface area contributed by atoms with Gasteiger partial charge in [-0.3, -0.25) is 4.79 Å². The van der Waals surface area contributed by atoms with E-state index in [2.05, 4.69) is 6.58 Å². The Balaban J connectivity index is 3.79. The van der Waals surface area contributed by atoms with E-state index in [0.29, 0.717) is 0 Å². The van der Waals surface area contributed by atoms with Crippen LogP contribution in [0.15, 0.2) is 12.3 Å². The molecule has 9 heavy (non-hydrogen) atoms. The minimum absolute atomic E-state index is 0.414. The molecule has 1 N–H and O–H groups in total. The number of rotatable bonds is 2. The molecule has 0 rings (SSSR count). The molecule has 0 saturated carbocycles. The number of carbonyl (C=O) groups is 2. The van der Waals surface area contributed by atoms with Crippen molar-refractivity contribution in [2.45, 2.75) is 6.92 Å². The smallest absolute Gasteiger partial charge is 0.221 e. The van der Waals surface area contributed by atoms with E-state index in [1.54, 1.807) is 0 Å². The summed E-state index contributed by atoms with van der Waals surface area (Å²) >= 11 is 0. The molecule has 0 heterocycles. The Morgan fingerprint density at radius 2 is 2.00 bits per heavy atom. The average molecular weight is 128 g/mol. The van der Waals surface area contributed by atoms with Crippen molar-refractivity contribution in [3.63, 3.8) is 0 Å². The van der Waals surface area contributed by atoms with Crippen LogP contribution in [0, 0.1) is 0 Å². The van der Waals surface area contributed by atoms with Gasteiger partial charge in [-0.2, -0.15) is 0 Å². The summed E-state index contributed by atoms with van der Waals surface area (Å²) in [7, 11) is 0. The lowest BCUT2D eigenvalue weighted by Crippen LogP contribution is -2.33. The number of hydrogen-bond acceptors (Lipinski definition) is 3. The molecule has 0 atom stereocenters. The molecule has 0 spiro atoms. The average Bonchev–Trinajstić information content (AvgIpc) is 1.63. The van der Waals surface area contributed by atoms with Crippen LogP contribution < -0.4 is 10.4 Å².